The molecule has 0 unspecified atom stereocenters. The standard InChI is InChI=1S/C22H22ClN3O5/c1-13-4-3-5-14(2)20(13)24-18(27)12-31-22(30)16-10-19(28)26(11-16)25-21(29)15-6-8-17(23)9-7-15/h3-9,16H,10-12H2,1-2H3,(H,24,27)(H,25,29)/t16-/m1/s1. The molecule has 0 bridgehead atoms. The number of amides is 3. The number of halogens is 1. The average molecular weight is 444 g/mol. The first-order valence-corrected chi connectivity index (χ1v) is 10.0. The first-order valence-electron chi connectivity index (χ1n) is 9.64. The summed E-state index contributed by atoms with van der Waals surface area (Å²) in [6, 6.07) is 11.8. The Morgan fingerprint density at radius 2 is 1.74 bits per heavy atom. The second kappa shape index (κ2) is 9.61. The lowest BCUT2D eigenvalue weighted by molar-refractivity contribution is -0.151. The van der Waals surface area contributed by atoms with Crippen molar-refractivity contribution in [1.82, 2.24) is 10.4 Å². The van der Waals surface area contributed by atoms with Crippen LogP contribution in [0.5, 0.6) is 0 Å². The van der Waals surface area contributed by atoms with E-state index in [4.69, 9.17) is 16.3 Å². The monoisotopic (exact) mass is 443 g/mol. The van der Waals surface area contributed by atoms with E-state index in [0.717, 1.165) is 16.1 Å². The van der Waals surface area contributed by atoms with Crippen LogP contribution in [-0.4, -0.2) is 41.9 Å². The van der Waals surface area contributed by atoms with Crippen LogP contribution in [0, 0.1) is 19.8 Å². The van der Waals surface area contributed by atoms with Gasteiger partial charge in [0.25, 0.3) is 11.8 Å². The summed E-state index contributed by atoms with van der Waals surface area (Å²) in [6.45, 7) is 3.24. The second-order valence-corrected chi connectivity index (χ2v) is 7.71. The van der Waals surface area contributed by atoms with Crippen LogP contribution in [0.15, 0.2) is 42.5 Å². The molecule has 2 aromatic carbocycles. The maximum absolute atomic E-state index is 12.3. The molecule has 0 aromatic heterocycles. The molecule has 3 amide bonds. The predicted molar refractivity (Wildman–Crippen MR) is 114 cm³/mol. The molecule has 1 aliphatic heterocycles. The fraction of sp³-hybridized carbons (Fsp3) is 0.273. The maximum Gasteiger partial charge on any atom is 0.311 e. The van der Waals surface area contributed by atoms with Gasteiger partial charge in [-0.05, 0) is 49.2 Å². The summed E-state index contributed by atoms with van der Waals surface area (Å²) in [7, 11) is 0. The molecular formula is C22H22ClN3O5. The molecule has 0 aliphatic carbocycles. The molecule has 2 N–H and O–H groups in total. The van der Waals surface area contributed by atoms with Crippen molar-refractivity contribution in [3.63, 3.8) is 0 Å². The van der Waals surface area contributed by atoms with Gasteiger partial charge in [-0.15, -0.1) is 0 Å². The molecule has 1 saturated heterocycles. The molecule has 1 heterocycles. The van der Waals surface area contributed by atoms with Crippen molar-refractivity contribution >= 4 is 41.0 Å². The van der Waals surface area contributed by atoms with Crippen LogP contribution in [0.25, 0.3) is 0 Å². The van der Waals surface area contributed by atoms with Gasteiger partial charge in [0.15, 0.2) is 6.61 Å². The van der Waals surface area contributed by atoms with Crippen LogP contribution in [0.2, 0.25) is 5.02 Å². The molecule has 1 fully saturated rings. The summed E-state index contributed by atoms with van der Waals surface area (Å²) in [4.78, 5) is 48.9. The van der Waals surface area contributed by atoms with Gasteiger partial charge in [0.2, 0.25) is 5.91 Å². The van der Waals surface area contributed by atoms with Crippen LogP contribution >= 0.6 is 11.6 Å². The number of nitrogens with one attached hydrogen (secondary N) is 2. The molecule has 2 aromatic rings. The van der Waals surface area contributed by atoms with Crippen molar-refractivity contribution in [3.8, 4) is 0 Å². The largest absolute Gasteiger partial charge is 0.455 e. The van der Waals surface area contributed by atoms with Crippen LogP contribution in [-0.2, 0) is 19.1 Å². The number of rotatable bonds is 6. The van der Waals surface area contributed by atoms with Gasteiger partial charge in [-0.1, -0.05) is 29.8 Å². The third-order valence-corrected chi connectivity index (χ3v) is 5.14. The molecule has 0 spiro atoms. The fourth-order valence-electron chi connectivity index (χ4n) is 3.20. The van der Waals surface area contributed by atoms with Crippen molar-refractivity contribution in [2.75, 3.05) is 18.5 Å². The molecule has 1 atom stereocenters. The number of hydrogen-bond donors (Lipinski definition) is 2. The zero-order valence-electron chi connectivity index (χ0n) is 17.1. The summed E-state index contributed by atoms with van der Waals surface area (Å²) >= 11 is 5.80. The number of carbonyl (C=O) groups excluding carboxylic acids is 4. The Labute approximate surface area is 184 Å². The molecule has 1 aliphatic rings. The number of anilines is 1. The van der Waals surface area contributed by atoms with Crippen molar-refractivity contribution in [1.29, 1.82) is 0 Å². The number of para-hydroxylation sites is 1. The van der Waals surface area contributed by atoms with Crippen molar-refractivity contribution in [2.45, 2.75) is 20.3 Å². The predicted octanol–water partition coefficient (Wildman–Crippen LogP) is 2.63. The van der Waals surface area contributed by atoms with Gasteiger partial charge in [0.05, 0.1) is 12.5 Å². The third kappa shape index (κ3) is 5.61. The van der Waals surface area contributed by atoms with Crippen LogP contribution in [0.4, 0.5) is 5.69 Å². The zero-order chi connectivity index (χ0) is 22.5. The minimum Gasteiger partial charge on any atom is -0.455 e. The van der Waals surface area contributed by atoms with Gasteiger partial charge in [0, 0.05) is 22.7 Å². The summed E-state index contributed by atoms with van der Waals surface area (Å²) in [5, 5.41) is 4.30. The summed E-state index contributed by atoms with van der Waals surface area (Å²) in [5.41, 5.74) is 5.27. The topological polar surface area (TPSA) is 105 Å². The van der Waals surface area contributed by atoms with Gasteiger partial charge in [0.1, 0.15) is 0 Å². The smallest absolute Gasteiger partial charge is 0.311 e. The molecule has 3 rings (SSSR count). The van der Waals surface area contributed by atoms with Crippen molar-refractivity contribution in [3.05, 3.63) is 64.2 Å². The fourth-order valence-corrected chi connectivity index (χ4v) is 3.33. The van der Waals surface area contributed by atoms with E-state index in [1.165, 1.54) is 12.1 Å². The Balaban J connectivity index is 1.50. The number of esters is 1. The molecule has 31 heavy (non-hydrogen) atoms. The molecule has 162 valence electrons. The summed E-state index contributed by atoms with van der Waals surface area (Å²) < 4.78 is 5.08. The number of carbonyl (C=O) groups is 4. The Bertz CT molecular complexity index is 1000. The Morgan fingerprint density at radius 1 is 1.10 bits per heavy atom. The highest BCUT2D eigenvalue weighted by Crippen LogP contribution is 2.20. The number of nitrogens with zero attached hydrogens (tertiary/aromatic N) is 1. The van der Waals surface area contributed by atoms with E-state index in [2.05, 4.69) is 10.7 Å². The maximum atomic E-state index is 12.3. The zero-order valence-corrected chi connectivity index (χ0v) is 17.9. The van der Waals surface area contributed by atoms with E-state index in [0.29, 0.717) is 16.3 Å². The van der Waals surface area contributed by atoms with E-state index in [9.17, 15) is 19.2 Å². The van der Waals surface area contributed by atoms with Gasteiger partial charge in [-0.2, -0.15) is 0 Å². The van der Waals surface area contributed by atoms with Gasteiger partial charge < -0.3 is 10.1 Å². The van der Waals surface area contributed by atoms with Crippen molar-refractivity contribution in [2.24, 2.45) is 5.92 Å². The number of ether oxygens (including phenoxy) is 1. The number of aryl methyl sites for hydroxylation is 2. The lowest BCUT2D eigenvalue weighted by Crippen LogP contribution is -2.43. The quantitative estimate of drug-likeness (QED) is 0.668. The normalized spacial score (nSPS) is 15.5. The van der Waals surface area contributed by atoms with Crippen molar-refractivity contribution < 1.29 is 23.9 Å². The number of benzene rings is 2. The summed E-state index contributed by atoms with van der Waals surface area (Å²) in [6.07, 6.45) is -0.113. The molecule has 9 heteroatoms. The first kappa shape index (κ1) is 22.3. The Kier molecular flexibility index (Phi) is 6.91. The van der Waals surface area contributed by atoms with Crippen LogP contribution in [0.1, 0.15) is 27.9 Å². The Morgan fingerprint density at radius 3 is 2.39 bits per heavy atom. The lowest BCUT2D eigenvalue weighted by atomic mass is 10.1. The Hall–Kier alpha value is -3.39. The lowest BCUT2D eigenvalue weighted by Gasteiger charge is -2.17. The van der Waals surface area contributed by atoms with Gasteiger partial charge in [-0.25, -0.2) is 0 Å². The average Bonchev–Trinajstić information content (AvgIpc) is 3.10. The molecule has 8 nitrogen and oxygen atoms in total. The van der Waals surface area contributed by atoms with E-state index >= 15 is 0 Å². The van der Waals surface area contributed by atoms with Gasteiger partial charge >= 0.3 is 5.97 Å². The molecule has 0 radical (unpaired) electrons. The third-order valence-electron chi connectivity index (χ3n) is 4.89. The minimum atomic E-state index is -0.772. The first-order chi connectivity index (χ1) is 14.7. The van der Waals surface area contributed by atoms with E-state index in [1.807, 2.05) is 32.0 Å². The highest BCUT2D eigenvalue weighted by atomic mass is 35.5. The van der Waals surface area contributed by atoms with E-state index in [-0.39, 0.29) is 13.0 Å². The SMILES string of the molecule is Cc1cccc(C)c1NC(=O)COC(=O)[C@@H]1CC(=O)N(NC(=O)c2ccc(Cl)cc2)C1. The highest BCUT2D eigenvalue weighted by Gasteiger charge is 2.36. The van der Waals surface area contributed by atoms with Crippen LogP contribution < -0.4 is 10.7 Å². The molecule has 0 saturated carbocycles. The number of hydrazine groups is 1. The van der Waals surface area contributed by atoms with Gasteiger partial charge in [-0.3, -0.25) is 29.6 Å². The molecular weight excluding hydrogens is 422 g/mol. The van der Waals surface area contributed by atoms with Crippen LogP contribution in [0.3, 0.4) is 0 Å². The number of hydrogen-bond acceptors (Lipinski definition) is 5. The van der Waals surface area contributed by atoms with E-state index < -0.39 is 36.2 Å². The minimum absolute atomic E-state index is 0.0322. The summed E-state index contributed by atoms with van der Waals surface area (Å²) in [5.74, 6) is -2.82. The van der Waals surface area contributed by atoms with E-state index in [1.54, 1.807) is 12.1 Å². The highest BCUT2D eigenvalue weighted by molar-refractivity contribution is 6.30. The second-order valence-electron chi connectivity index (χ2n) is 7.28.